The Hall–Kier alpha value is -3.16. The summed E-state index contributed by atoms with van der Waals surface area (Å²) in [6.07, 6.45) is 0. The van der Waals surface area contributed by atoms with Crippen LogP contribution < -0.4 is 0 Å². The lowest BCUT2D eigenvalue weighted by Crippen LogP contribution is -2.41. The topological polar surface area (TPSA) is 9.23 Å². The van der Waals surface area contributed by atoms with Crippen molar-refractivity contribution in [3.8, 4) is 0 Å². The molecule has 33 heavy (non-hydrogen) atoms. The van der Waals surface area contributed by atoms with Gasteiger partial charge in [-0.15, -0.1) is 0 Å². The first-order chi connectivity index (χ1) is 15.8. The van der Waals surface area contributed by atoms with Crippen LogP contribution in [0.5, 0.6) is 0 Å². The van der Waals surface area contributed by atoms with Gasteiger partial charge < -0.3 is 4.74 Å². The molecule has 0 spiro atoms. The molecule has 168 valence electrons. The van der Waals surface area contributed by atoms with Crippen LogP contribution in [0.3, 0.4) is 0 Å². The van der Waals surface area contributed by atoms with Crippen LogP contribution in [-0.2, 0) is 15.9 Å². The van der Waals surface area contributed by atoms with Gasteiger partial charge in [0.05, 0.1) is 0 Å². The Bertz CT molecular complexity index is 1080. The molecule has 0 saturated carbocycles. The van der Waals surface area contributed by atoms with E-state index in [0.29, 0.717) is 0 Å². The smallest absolute Gasteiger partial charge is 0.117 e. The summed E-state index contributed by atoms with van der Waals surface area (Å²) in [5, 5.41) is 0. The minimum Gasteiger partial charge on any atom is -0.350 e. The average molecular weight is 435 g/mol. The molecular weight excluding hydrogens is 400 g/mol. The van der Waals surface area contributed by atoms with Crippen LogP contribution in [0.25, 0.3) is 0 Å². The highest BCUT2D eigenvalue weighted by atomic mass is 16.5. The molecule has 0 heterocycles. The number of hydrogen-bond acceptors (Lipinski definition) is 1. The van der Waals surface area contributed by atoms with Gasteiger partial charge in [0.1, 0.15) is 11.2 Å². The van der Waals surface area contributed by atoms with E-state index < -0.39 is 11.2 Å². The van der Waals surface area contributed by atoms with Crippen molar-refractivity contribution >= 4 is 0 Å². The Kier molecular flexibility index (Phi) is 6.28. The molecule has 0 aliphatic rings. The van der Waals surface area contributed by atoms with Crippen LogP contribution >= 0.6 is 0 Å². The molecule has 4 aromatic rings. The Morgan fingerprint density at radius 2 is 0.606 bits per heavy atom. The number of rotatable bonds is 6. The summed E-state index contributed by atoms with van der Waals surface area (Å²) in [5.74, 6) is 0. The first kappa shape index (κ1) is 23.0. The number of hydrogen-bond donors (Lipinski definition) is 0. The lowest BCUT2D eigenvalue weighted by molar-refractivity contribution is -0.108. The molecule has 0 aromatic heterocycles. The maximum Gasteiger partial charge on any atom is 0.117 e. The van der Waals surface area contributed by atoms with Crippen LogP contribution in [0, 0.1) is 27.7 Å². The highest BCUT2D eigenvalue weighted by molar-refractivity contribution is 5.47. The fourth-order valence-corrected chi connectivity index (χ4v) is 5.35. The zero-order valence-corrected chi connectivity index (χ0v) is 20.6. The van der Waals surface area contributed by atoms with Crippen molar-refractivity contribution in [1.29, 1.82) is 0 Å². The third-order valence-corrected chi connectivity index (χ3v) is 7.04. The molecule has 0 aliphatic carbocycles. The molecule has 1 nitrogen and oxygen atoms in total. The maximum atomic E-state index is 7.49. The summed E-state index contributed by atoms with van der Waals surface area (Å²) in [7, 11) is 0. The van der Waals surface area contributed by atoms with Gasteiger partial charge in [-0.3, -0.25) is 0 Å². The zero-order chi connectivity index (χ0) is 23.6. The summed E-state index contributed by atoms with van der Waals surface area (Å²) in [4.78, 5) is 0. The van der Waals surface area contributed by atoms with E-state index >= 15 is 0 Å². The minimum atomic E-state index is -0.657. The van der Waals surface area contributed by atoms with Crippen molar-refractivity contribution in [1.82, 2.24) is 0 Å². The predicted octanol–water partition coefficient (Wildman–Crippen LogP) is 8.16. The molecule has 0 bridgehead atoms. The summed E-state index contributed by atoms with van der Waals surface area (Å²) in [5.41, 5.74) is 8.33. The average Bonchev–Trinajstić information content (AvgIpc) is 2.80. The second kappa shape index (κ2) is 9.00. The Balaban J connectivity index is 2.03. The zero-order valence-electron chi connectivity index (χ0n) is 20.6. The Morgan fingerprint density at radius 1 is 0.394 bits per heavy atom. The molecule has 0 radical (unpaired) electrons. The normalized spacial score (nSPS) is 12.1. The van der Waals surface area contributed by atoms with Gasteiger partial charge in [0.2, 0.25) is 0 Å². The molecule has 0 N–H and O–H groups in total. The standard InChI is InChI=1S/C32H34O/c1-23-15-7-11-19-27(23)31(5,28-20-12-8-16-24(28)2)33-32(6,29-21-13-9-17-25(29)3)30-22-14-10-18-26(30)4/h7-22H,1-6H3. The molecule has 0 unspecified atom stereocenters. The van der Waals surface area contributed by atoms with Crippen LogP contribution in [-0.4, -0.2) is 0 Å². The van der Waals surface area contributed by atoms with E-state index in [2.05, 4.69) is 139 Å². The van der Waals surface area contributed by atoms with Crippen molar-refractivity contribution in [3.63, 3.8) is 0 Å². The summed E-state index contributed by atoms with van der Waals surface area (Å²) in [6.45, 7) is 13.2. The second-order valence-electron chi connectivity index (χ2n) is 9.43. The van der Waals surface area contributed by atoms with Crippen molar-refractivity contribution in [3.05, 3.63) is 142 Å². The van der Waals surface area contributed by atoms with Crippen LogP contribution in [0.1, 0.15) is 58.4 Å². The van der Waals surface area contributed by atoms with E-state index in [1.807, 2.05) is 0 Å². The molecule has 0 aliphatic heterocycles. The van der Waals surface area contributed by atoms with E-state index in [1.54, 1.807) is 0 Å². The first-order valence-corrected chi connectivity index (χ1v) is 11.7. The maximum absolute atomic E-state index is 7.49. The van der Waals surface area contributed by atoms with Crippen LogP contribution in [0.4, 0.5) is 0 Å². The SMILES string of the molecule is Cc1ccccc1C(C)(OC(C)(c1ccccc1C)c1ccccc1C)c1ccccc1C. The van der Waals surface area contributed by atoms with E-state index in [0.717, 1.165) is 0 Å². The van der Waals surface area contributed by atoms with Crippen molar-refractivity contribution in [2.45, 2.75) is 52.7 Å². The van der Waals surface area contributed by atoms with Gasteiger partial charge >= 0.3 is 0 Å². The van der Waals surface area contributed by atoms with E-state index in [9.17, 15) is 0 Å². The highest BCUT2D eigenvalue weighted by Gasteiger charge is 2.43. The quantitative estimate of drug-likeness (QED) is 0.297. The van der Waals surface area contributed by atoms with Gasteiger partial charge in [0.15, 0.2) is 0 Å². The largest absolute Gasteiger partial charge is 0.350 e. The van der Waals surface area contributed by atoms with Crippen molar-refractivity contribution < 1.29 is 4.74 Å². The predicted molar refractivity (Wildman–Crippen MR) is 139 cm³/mol. The Labute approximate surface area is 199 Å². The van der Waals surface area contributed by atoms with Gasteiger partial charge in [0, 0.05) is 0 Å². The fraction of sp³-hybridized carbons (Fsp3) is 0.250. The fourth-order valence-electron chi connectivity index (χ4n) is 5.35. The number of ether oxygens (including phenoxy) is 1. The van der Waals surface area contributed by atoms with Gasteiger partial charge in [-0.2, -0.15) is 0 Å². The molecule has 0 atom stereocenters. The van der Waals surface area contributed by atoms with Gasteiger partial charge in [0.25, 0.3) is 0 Å². The third kappa shape index (κ3) is 4.14. The van der Waals surface area contributed by atoms with Gasteiger partial charge in [-0.1, -0.05) is 97.1 Å². The second-order valence-corrected chi connectivity index (χ2v) is 9.43. The van der Waals surface area contributed by atoms with Crippen molar-refractivity contribution in [2.24, 2.45) is 0 Å². The Morgan fingerprint density at radius 3 is 0.818 bits per heavy atom. The summed E-state index contributed by atoms with van der Waals surface area (Å²) >= 11 is 0. The molecular formula is C32H34O. The van der Waals surface area contributed by atoms with Crippen LogP contribution in [0.2, 0.25) is 0 Å². The molecule has 4 rings (SSSR count). The minimum absolute atomic E-state index is 0.657. The number of benzene rings is 4. The van der Waals surface area contributed by atoms with Crippen LogP contribution in [0.15, 0.2) is 97.1 Å². The molecule has 0 fully saturated rings. The number of aryl methyl sites for hydroxylation is 4. The summed E-state index contributed by atoms with van der Waals surface area (Å²) < 4.78 is 7.49. The molecule has 0 amide bonds. The van der Waals surface area contributed by atoms with Crippen molar-refractivity contribution in [2.75, 3.05) is 0 Å². The summed E-state index contributed by atoms with van der Waals surface area (Å²) in [6, 6.07) is 34.4. The van der Waals surface area contributed by atoms with E-state index in [-0.39, 0.29) is 0 Å². The molecule has 0 saturated heterocycles. The lowest BCUT2D eigenvalue weighted by atomic mass is 9.79. The highest BCUT2D eigenvalue weighted by Crippen LogP contribution is 2.47. The first-order valence-electron chi connectivity index (χ1n) is 11.7. The lowest BCUT2D eigenvalue weighted by Gasteiger charge is -2.44. The molecule has 1 heteroatoms. The monoisotopic (exact) mass is 434 g/mol. The van der Waals surface area contributed by atoms with E-state index in [4.69, 9.17) is 4.74 Å². The van der Waals surface area contributed by atoms with Gasteiger partial charge in [-0.25, -0.2) is 0 Å². The molecule has 4 aromatic carbocycles. The third-order valence-electron chi connectivity index (χ3n) is 7.04. The van der Waals surface area contributed by atoms with Gasteiger partial charge in [-0.05, 0) is 86.1 Å². The van der Waals surface area contributed by atoms with E-state index in [1.165, 1.54) is 44.5 Å².